The van der Waals surface area contributed by atoms with Crippen LogP contribution in [0.5, 0.6) is 0 Å². The van der Waals surface area contributed by atoms with Gasteiger partial charge in [0.2, 0.25) is 5.78 Å². The molecule has 0 aliphatic rings. The molecular formula is C14H16BrN3O. The van der Waals surface area contributed by atoms with E-state index in [9.17, 15) is 4.79 Å². The number of aryl methyl sites for hydroxylation is 1. The number of rotatable bonds is 5. The lowest BCUT2D eigenvalue weighted by Gasteiger charge is -2.12. The summed E-state index contributed by atoms with van der Waals surface area (Å²) in [5.41, 5.74) is 7.40. The smallest absolute Gasteiger partial charge is 0.203 e. The minimum atomic E-state index is -0.662. The van der Waals surface area contributed by atoms with Crippen LogP contribution in [0.2, 0.25) is 0 Å². The predicted molar refractivity (Wildman–Crippen MR) is 77.9 cm³/mol. The molecule has 0 spiro atoms. The number of halogens is 1. The van der Waals surface area contributed by atoms with Crippen LogP contribution in [0, 0.1) is 0 Å². The number of nitrogens with two attached hydrogens (primary N) is 1. The van der Waals surface area contributed by atoms with Crippen LogP contribution in [0.15, 0.2) is 41.0 Å². The first-order valence-corrected chi connectivity index (χ1v) is 7.00. The van der Waals surface area contributed by atoms with Gasteiger partial charge in [0.25, 0.3) is 0 Å². The maximum absolute atomic E-state index is 12.5. The fraction of sp³-hybridized carbons (Fsp3) is 0.286. The normalized spacial score (nSPS) is 12.4. The van der Waals surface area contributed by atoms with Crippen molar-refractivity contribution >= 4 is 21.7 Å². The van der Waals surface area contributed by atoms with Crippen molar-refractivity contribution in [2.45, 2.75) is 25.9 Å². The molecule has 1 aromatic heterocycles. The topological polar surface area (TPSA) is 60.9 Å². The minimum absolute atomic E-state index is 0.121. The number of nitrogens with zero attached hydrogens (tertiary/aromatic N) is 2. The first-order valence-electron chi connectivity index (χ1n) is 6.21. The number of ketones is 1. The SMILES string of the molecule is CCCn1ncc(Br)c1C(=O)[C@H](N)c1ccccc1. The number of carbonyl (C=O) groups is 1. The van der Waals surface area contributed by atoms with E-state index in [0.717, 1.165) is 12.0 Å². The average molecular weight is 322 g/mol. The Morgan fingerprint density at radius 3 is 2.74 bits per heavy atom. The second-order valence-electron chi connectivity index (χ2n) is 4.32. The van der Waals surface area contributed by atoms with E-state index in [2.05, 4.69) is 21.0 Å². The molecular weight excluding hydrogens is 306 g/mol. The average Bonchev–Trinajstić information content (AvgIpc) is 2.80. The number of hydrogen-bond donors (Lipinski definition) is 1. The van der Waals surface area contributed by atoms with E-state index in [1.165, 1.54) is 0 Å². The molecule has 0 unspecified atom stereocenters. The summed E-state index contributed by atoms with van der Waals surface area (Å²) in [4.78, 5) is 12.5. The summed E-state index contributed by atoms with van der Waals surface area (Å²) in [7, 11) is 0. The van der Waals surface area contributed by atoms with Crippen molar-refractivity contribution in [3.8, 4) is 0 Å². The highest BCUT2D eigenvalue weighted by molar-refractivity contribution is 9.10. The van der Waals surface area contributed by atoms with Gasteiger partial charge < -0.3 is 5.73 Å². The lowest BCUT2D eigenvalue weighted by atomic mass is 10.0. The van der Waals surface area contributed by atoms with Crippen molar-refractivity contribution in [1.82, 2.24) is 9.78 Å². The monoisotopic (exact) mass is 321 g/mol. The Bertz CT molecular complexity index is 565. The molecule has 5 heteroatoms. The van der Waals surface area contributed by atoms with E-state index in [0.29, 0.717) is 16.7 Å². The van der Waals surface area contributed by atoms with Gasteiger partial charge in [-0.05, 0) is 27.9 Å². The van der Waals surface area contributed by atoms with E-state index in [1.807, 2.05) is 37.3 Å². The Hall–Kier alpha value is -1.46. The van der Waals surface area contributed by atoms with Crippen LogP contribution in [0.4, 0.5) is 0 Å². The lowest BCUT2D eigenvalue weighted by molar-refractivity contribution is 0.0949. The second-order valence-corrected chi connectivity index (χ2v) is 5.17. The summed E-state index contributed by atoms with van der Waals surface area (Å²) in [6.07, 6.45) is 2.55. The van der Waals surface area contributed by atoms with Crippen molar-refractivity contribution in [3.63, 3.8) is 0 Å². The van der Waals surface area contributed by atoms with Gasteiger partial charge >= 0.3 is 0 Å². The number of benzene rings is 1. The third-order valence-corrected chi connectivity index (χ3v) is 3.49. The molecule has 0 aliphatic carbocycles. The van der Waals surface area contributed by atoms with Crippen molar-refractivity contribution in [2.75, 3.05) is 0 Å². The number of carbonyl (C=O) groups excluding carboxylic acids is 1. The third kappa shape index (κ3) is 2.93. The molecule has 100 valence electrons. The van der Waals surface area contributed by atoms with Gasteiger partial charge in [-0.3, -0.25) is 9.48 Å². The standard InChI is InChI=1S/C14H16BrN3O/c1-2-8-18-13(11(15)9-17-18)14(19)12(16)10-6-4-3-5-7-10/h3-7,9,12H,2,8,16H2,1H3/t12-/m1/s1. The van der Waals surface area contributed by atoms with Crippen LogP contribution in [0.1, 0.15) is 35.4 Å². The highest BCUT2D eigenvalue weighted by Gasteiger charge is 2.23. The molecule has 2 aromatic rings. The first kappa shape index (κ1) is 14.0. The molecule has 0 saturated carbocycles. The molecule has 2 N–H and O–H groups in total. The summed E-state index contributed by atoms with van der Waals surface area (Å²) < 4.78 is 2.40. The highest BCUT2D eigenvalue weighted by atomic mass is 79.9. The van der Waals surface area contributed by atoms with E-state index in [4.69, 9.17) is 5.73 Å². The van der Waals surface area contributed by atoms with Gasteiger partial charge in [0.1, 0.15) is 5.69 Å². The van der Waals surface area contributed by atoms with Gasteiger partial charge in [0, 0.05) is 6.54 Å². The Morgan fingerprint density at radius 2 is 2.11 bits per heavy atom. The van der Waals surface area contributed by atoms with Crippen molar-refractivity contribution in [2.24, 2.45) is 5.73 Å². The van der Waals surface area contributed by atoms with Crippen LogP contribution in [-0.2, 0) is 6.54 Å². The maximum Gasteiger partial charge on any atom is 0.203 e. The molecule has 1 heterocycles. The predicted octanol–water partition coefficient (Wildman–Crippen LogP) is 2.94. The zero-order valence-electron chi connectivity index (χ0n) is 10.7. The Kier molecular flexibility index (Phi) is 4.50. The summed E-state index contributed by atoms with van der Waals surface area (Å²) in [6, 6.07) is 8.71. The number of Topliss-reactive ketones (excluding diaryl/α,β-unsaturated/α-hetero) is 1. The van der Waals surface area contributed by atoms with Crippen molar-refractivity contribution < 1.29 is 4.79 Å². The van der Waals surface area contributed by atoms with Gasteiger partial charge in [-0.15, -0.1) is 0 Å². The lowest BCUT2D eigenvalue weighted by Crippen LogP contribution is -2.24. The molecule has 4 nitrogen and oxygen atoms in total. The van der Waals surface area contributed by atoms with Crippen LogP contribution in [0.25, 0.3) is 0 Å². The van der Waals surface area contributed by atoms with Crippen LogP contribution in [-0.4, -0.2) is 15.6 Å². The van der Waals surface area contributed by atoms with Crippen LogP contribution in [0.3, 0.4) is 0 Å². The Balaban J connectivity index is 2.32. The van der Waals surface area contributed by atoms with Crippen LogP contribution < -0.4 is 5.73 Å². The Morgan fingerprint density at radius 1 is 1.42 bits per heavy atom. The van der Waals surface area contributed by atoms with Crippen molar-refractivity contribution in [1.29, 1.82) is 0 Å². The maximum atomic E-state index is 12.5. The van der Waals surface area contributed by atoms with E-state index in [1.54, 1.807) is 10.9 Å². The molecule has 1 atom stereocenters. The molecule has 0 bridgehead atoms. The summed E-state index contributed by atoms with van der Waals surface area (Å²) >= 11 is 3.37. The molecule has 0 fully saturated rings. The third-order valence-electron chi connectivity index (χ3n) is 2.90. The molecule has 0 aliphatic heterocycles. The fourth-order valence-electron chi connectivity index (χ4n) is 1.95. The van der Waals surface area contributed by atoms with Gasteiger partial charge in [0.05, 0.1) is 16.7 Å². The first-order chi connectivity index (χ1) is 9.15. The molecule has 0 radical (unpaired) electrons. The largest absolute Gasteiger partial charge is 0.317 e. The number of aromatic nitrogens is 2. The molecule has 2 rings (SSSR count). The molecule has 1 aromatic carbocycles. The van der Waals surface area contributed by atoms with E-state index < -0.39 is 6.04 Å². The number of hydrogen-bond acceptors (Lipinski definition) is 3. The molecule has 0 amide bonds. The zero-order valence-corrected chi connectivity index (χ0v) is 12.3. The van der Waals surface area contributed by atoms with Gasteiger partial charge in [-0.25, -0.2) is 0 Å². The minimum Gasteiger partial charge on any atom is -0.317 e. The molecule has 19 heavy (non-hydrogen) atoms. The Labute approximate surface area is 120 Å². The summed E-state index contributed by atoms with van der Waals surface area (Å²) in [6.45, 7) is 2.75. The second kappa shape index (κ2) is 6.12. The van der Waals surface area contributed by atoms with Gasteiger partial charge in [-0.2, -0.15) is 5.10 Å². The zero-order chi connectivity index (χ0) is 13.8. The highest BCUT2D eigenvalue weighted by Crippen LogP contribution is 2.22. The van der Waals surface area contributed by atoms with E-state index >= 15 is 0 Å². The summed E-state index contributed by atoms with van der Waals surface area (Å²) in [5, 5.41) is 4.20. The van der Waals surface area contributed by atoms with Crippen molar-refractivity contribution in [3.05, 3.63) is 52.3 Å². The summed E-state index contributed by atoms with van der Waals surface area (Å²) in [5.74, 6) is -0.121. The van der Waals surface area contributed by atoms with Gasteiger partial charge in [0.15, 0.2) is 0 Å². The molecule has 0 saturated heterocycles. The van der Waals surface area contributed by atoms with Gasteiger partial charge in [-0.1, -0.05) is 37.3 Å². The van der Waals surface area contributed by atoms with Crippen LogP contribution >= 0.6 is 15.9 Å². The fourth-order valence-corrected chi connectivity index (χ4v) is 2.44. The quantitative estimate of drug-likeness (QED) is 0.861. The van der Waals surface area contributed by atoms with E-state index in [-0.39, 0.29) is 5.78 Å².